The maximum Gasteiger partial charge on any atom is 0.225 e. The number of unbranched alkanes of at least 4 members (excludes halogenated alkanes) is 1. The van der Waals surface area contributed by atoms with E-state index < -0.39 is 0 Å². The number of benzene rings is 2. The second kappa shape index (κ2) is 11.3. The number of anilines is 2. The van der Waals surface area contributed by atoms with E-state index in [0.29, 0.717) is 25.9 Å². The van der Waals surface area contributed by atoms with Gasteiger partial charge in [-0.1, -0.05) is 36.4 Å². The lowest BCUT2D eigenvalue weighted by atomic mass is 10.1. The van der Waals surface area contributed by atoms with Crippen molar-refractivity contribution in [3.63, 3.8) is 0 Å². The molecule has 0 atom stereocenters. The molecule has 10 heteroatoms. The summed E-state index contributed by atoms with van der Waals surface area (Å²) >= 11 is 0. The summed E-state index contributed by atoms with van der Waals surface area (Å²) in [6, 6.07) is 15.5. The molecule has 170 valence electrons. The number of nitrogens with zero attached hydrogens (tertiary/aromatic N) is 4. The standard InChI is InChI=1S/C22H32N10/c1-15-9-3-5-11-17(15)31(21(27)29-19(23)24)13-7-8-14-32(22(28)30-20(25)26)18-12-6-4-10-16(18)2/h3-6,9-12H,7-8,13-14H2,1-2H3,(H5,23,24,27,29)(H5,25,26,28,30). The van der Waals surface area contributed by atoms with Crippen LogP contribution in [0.1, 0.15) is 24.0 Å². The predicted octanol–water partition coefficient (Wildman–Crippen LogP) is 1.81. The quantitative estimate of drug-likeness (QED) is 0.218. The summed E-state index contributed by atoms with van der Waals surface area (Å²) in [5.41, 5.74) is 25.7. The number of para-hydroxylation sites is 2. The minimum Gasteiger partial charge on any atom is -0.370 e. The van der Waals surface area contributed by atoms with Crippen molar-refractivity contribution in [1.29, 1.82) is 10.8 Å². The zero-order valence-electron chi connectivity index (χ0n) is 18.5. The molecule has 0 unspecified atom stereocenters. The Morgan fingerprint density at radius 3 is 1.34 bits per heavy atom. The molecule has 0 aromatic heterocycles. The Labute approximate surface area is 188 Å². The fourth-order valence-electron chi connectivity index (χ4n) is 3.32. The number of rotatable bonds is 7. The summed E-state index contributed by atoms with van der Waals surface area (Å²) in [6.07, 6.45) is 1.43. The van der Waals surface area contributed by atoms with Crippen LogP contribution in [0.25, 0.3) is 0 Å². The summed E-state index contributed by atoms with van der Waals surface area (Å²) in [5, 5.41) is 16.7. The molecule has 0 saturated heterocycles. The van der Waals surface area contributed by atoms with E-state index >= 15 is 0 Å². The van der Waals surface area contributed by atoms with Crippen molar-refractivity contribution in [1.82, 2.24) is 0 Å². The van der Waals surface area contributed by atoms with E-state index in [9.17, 15) is 0 Å². The summed E-state index contributed by atoms with van der Waals surface area (Å²) in [5.74, 6) is -0.374. The predicted molar refractivity (Wildman–Crippen MR) is 133 cm³/mol. The number of nitrogens with one attached hydrogen (secondary N) is 2. The zero-order chi connectivity index (χ0) is 23.7. The molecule has 2 aromatic carbocycles. The van der Waals surface area contributed by atoms with Gasteiger partial charge in [0.25, 0.3) is 0 Å². The molecule has 10 nitrogen and oxygen atoms in total. The second-order valence-electron chi connectivity index (χ2n) is 7.30. The first-order valence-corrected chi connectivity index (χ1v) is 10.2. The fourth-order valence-corrected chi connectivity index (χ4v) is 3.32. The van der Waals surface area contributed by atoms with Gasteiger partial charge in [0.15, 0.2) is 11.9 Å². The number of aliphatic imine (C=N–C) groups is 2. The second-order valence-corrected chi connectivity index (χ2v) is 7.30. The van der Waals surface area contributed by atoms with Crippen LogP contribution in [0, 0.1) is 24.7 Å². The number of aryl methyl sites for hydroxylation is 2. The van der Waals surface area contributed by atoms with Crippen molar-refractivity contribution in [2.45, 2.75) is 26.7 Å². The molecule has 0 saturated carbocycles. The van der Waals surface area contributed by atoms with Gasteiger partial charge in [0, 0.05) is 24.5 Å². The van der Waals surface area contributed by atoms with Gasteiger partial charge in [-0.15, -0.1) is 0 Å². The van der Waals surface area contributed by atoms with Crippen molar-refractivity contribution in [3.05, 3.63) is 59.7 Å². The Bertz CT molecular complexity index is 922. The summed E-state index contributed by atoms with van der Waals surface area (Å²) in [7, 11) is 0. The third-order valence-corrected chi connectivity index (χ3v) is 4.81. The van der Waals surface area contributed by atoms with Gasteiger partial charge in [-0.3, -0.25) is 10.8 Å². The van der Waals surface area contributed by atoms with E-state index in [1.54, 1.807) is 9.80 Å². The molecule has 0 aliphatic rings. The Morgan fingerprint density at radius 2 is 1.03 bits per heavy atom. The first-order valence-electron chi connectivity index (χ1n) is 10.2. The molecular formula is C22H32N10. The van der Waals surface area contributed by atoms with Crippen molar-refractivity contribution < 1.29 is 0 Å². The first kappa shape index (κ1) is 24.2. The number of hydrogen-bond acceptors (Lipinski definition) is 2. The highest BCUT2D eigenvalue weighted by Crippen LogP contribution is 2.22. The van der Waals surface area contributed by atoms with E-state index in [1.807, 2.05) is 62.4 Å². The van der Waals surface area contributed by atoms with Gasteiger partial charge in [-0.25, -0.2) is 0 Å². The van der Waals surface area contributed by atoms with Gasteiger partial charge < -0.3 is 32.7 Å². The molecule has 0 amide bonds. The van der Waals surface area contributed by atoms with Crippen LogP contribution in [0.15, 0.2) is 58.5 Å². The van der Waals surface area contributed by atoms with Crippen molar-refractivity contribution in [2.24, 2.45) is 32.9 Å². The summed E-state index contributed by atoms with van der Waals surface area (Å²) < 4.78 is 0. The molecule has 10 N–H and O–H groups in total. The third-order valence-electron chi connectivity index (χ3n) is 4.81. The molecule has 0 bridgehead atoms. The average molecular weight is 437 g/mol. The Balaban J connectivity index is 2.16. The molecule has 0 spiro atoms. The van der Waals surface area contributed by atoms with E-state index in [2.05, 4.69) is 9.98 Å². The lowest BCUT2D eigenvalue weighted by Crippen LogP contribution is -2.36. The normalized spacial score (nSPS) is 10.2. The Kier molecular flexibility index (Phi) is 8.58. The lowest BCUT2D eigenvalue weighted by molar-refractivity contribution is 0.735. The smallest absolute Gasteiger partial charge is 0.225 e. The van der Waals surface area contributed by atoms with Crippen LogP contribution in [-0.4, -0.2) is 36.9 Å². The van der Waals surface area contributed by atoms with Crippen molar-refractivity contribution in [3.8, 4) is 0 Å². The fraction of sp³-hybridized carbons (Fsp3) is 0.273. The molecule has 2 aromatic rings. The van der Waals surface area contributed by atoms with E-state index in [-0.39, 0.29) is 23.8 Å². The Hall–Kier alpha value is -4.08. The van der Waals surface area contributed by atoms with E-state index in [0.717, 1.165) is 22.5 Å². The summed E-state index contributed by atoms with van der Waals surface area (Å²) in [4.78, 5) is 11.4. The minimum absolute atomic E-state index is 0.0247. The molecule has 0 aliphatic heterocycles. The van der Waals surface area contributed by atoms with Gasteiger partial charge in [0.1, 0.15) is 0 Å². The maximum absolute atomic E-state index is 8.33. The molecule has 0 radical (unpaired) electrons. The average Bonchev–Trinajstić information content (AvgIpc) is 2.71. The molecule has 2 rings (SSSR count). The highest BCUT2D eigenvalue weighted by molar-refractivity contribution is 6.02. The molecule has 32 heavy (non-hydrogen) atoms. The largest absolute Gasteiger partial charge is 0.370 e. The number of guanidine groups is 4. The third kappa shape index (κ3) is 6.73. The van der Waals surface area contributed by atoms with Crippen LogP contribution < -0.4 is 32.7 Å². The first-order chi connectivity index (χ1) is 15.2. The maximum atomic E-state index is 8.33. The van der Waals surface area contributed by atoms with Crippen molar-refractivity contribution >= 4 is 35.2 Å². The molecular weight excluding hydrogens is 404 g/mol. The SMILES string of the molecule is Cc1ccccc1N(CCCCN(C(=N)N=C(N)N)c1ccccc1C)C(=N)N=C(N)N. The minimum atomic E-state index is -0.162. The van der Waals surface area contributed by atoms with Gasteiger partial charge in [0.2, 0.25) is 11.9 Å². The van der Waals surface area contributed by atoms with Gasteiger partial charge in [-0.2, -0.15) is 9.98 Å². The van der Waals surface area contributed by atoms with Crippen LogP contribution in [-0.2, 0) is 0 Å². The van der Waals surface area contributed by atoms with Crippen LogP contribution in [0.5, 0.6) is 0 Å². The van der Waals surface area contributed by atoms with Gasteiger partial charge in [0.05, 0.1) is 0 Å². The van der Waals surface area contributed by atoms with Crippen LogP contribution in [0.2, 0.25) is 0 Å². The van der Waals surface area contributed by atoms with Gasteiger partial charge >= 0.3 is 0 Å². The topological polar surface area (TPSA) is 183 Å². The highest BCUT2D eigenvalue weighted by Gasteiger charge is 2.17. The molecule has 0 aliphatic carbocycles. The van der Waals surface area contributed by atoms with E-state index in [1.165, 1.54) is 0 Å². The zero-order valence-corrected chi connectivity index (χ0v) is 18.5. The monoisotopic (exact) mass is 436 g/mol. The number of nitrogens with two attached hydrogens (primary N) is 4. The molecule has 0 fully saturated rings. The van der Waals surface area contributed by atoms with Gasteiger partial charge in [-0.05, 0) is 49.9 Å². The van der Waals surface area contributed by atoms with E-state index in [4.69, 9.17) is 33.8 Å². The summed E-state index contributed by atoms with van der Waals surface area (Å²) in [6.45, 7) is 5.00. The highest BCUT2D eigenvalue weighted by atomic mass is 15.3. The van der Waals surface area contributed by atoms with Crippen LogP contribution in [0.3, 0.4) is 0 Å². The van der Waals surface area contributed by atoms with Crippen LogP contribution in [0.4, 0.5) is 11.4 Å². The Morgan fingerprint density at radius 1 is 0.688 bits per heavy atom. The van der Waals surface area contributed by atoms with Crippen LogP contribution >= 0.6 is 0 Å². The molecule has 0 heterocycles. The number of hydrogen-bond donors (Lipinski definition) is 6. The van der Waals surface area contributed by atoms with Crippen molar-refractivity contribution in [2.75, 3.05) is 22.9 Å². The lowest BCUT2D eigenvalue weighted by Gasteiger charge is -2.27.